The lowest BCUT2D eigenvalue weighted by Crippen LogP contribution is -2.14. The topological polar surface area (TPSA) is 72.2 Å². The van der Waals surface area contributed by atoms with E-state index in [4.69, 9.17) is 17.3 Å². The highest BCUT2D eigenvalue weighted by molar-refractivity contribution is 9.10. The Morgan fingerprint density at radius 1 is 1.24 bits per heavy atom. The molecular formula is C14H14BrClN2O2S. The van der Waals surface area contributed by atoms with E-state index in [2.05, 4.69) is 20.7 Å². The van der Waals surface area contributed by atoms with Crippen LogP contribution in [0, 0.1) is 6.92 Å². The van der Waals surface area contributed by atoms with Crippen LogP contribution in [0.3, 0.4) is 0 Å². The lowest BCUT2D eigenvalue weighted by molar-refractivity contribution is 0.601. The normalized spacial score (nSPS) is 11.4. The summed E-state index contributed by atoms with van der Waals surface area (Å²) < 4.78 is 28.1. The fraction of sp³-hybridized carbons (Fsp3) is 0.143. The lowest BCUT2D eigenvalue weighted by atomic mass is 10.2. The predicted molar refractivity (Wildman–Crippen MR) is 89.0 cm³/mol. The second-order valence-corrected chi connectivity index (χ2v) is 7.49. The van der Waals surface area contributed by atoms with Crippen molar-refractivity contribution in [1.82, 2.24) is 0 Å². The molecule has 0 aliphatic heterocycles. The van der Waals surface area contributed by atoms with Crippen molar-refractivity contribution in [3.05, 3.63) is 57.0 Å². The van der Waals surface area contributed by atoms with Gasteiger partial charge in [0.1, 0.15) is 0 Å². The summed E-state index contributed by atoms with van der Waals surface area (Å²) in [5, 5.41) is 0.452. The third-order valence-electron chi connectivity index (χ3n) is 2.91. The first-order valence-corrected chi connectivity index (χ1v) is 8.76. The van der Waals surface area contributed by atoms with E-state index in [0.29, 0.717) is 20.7 Å². The van der Waals surface area contributed by atoms with E-state index in [-0.39, 0.29) is 11.4 Å². The molecule has 0 aromatic heterocycles. The van der Waals surface area contributed by atoms with Gasteiger partial charge in [0, 0.05) is 16.0 Å². The molecule has 0 saturated carbocycles. The molecular weight excluding hydrogens is 376 g/mol. The number of sulfonamides is 1. The van der Waals surface area contributed by atoms with Crippen molar-refractivity contribution in [2.45, 2.75) is 18.4 Å². The minimum atomic E-state index is -3.70. The van der Waals surface area contributed by atoms with Crippen LogP contribution in [0.5, 0.6) is 0 Å². The van der Waals surface area contributed by atoms with Gasteiger partial charge in [-0.2, -0.15) is 0 Å². The summed E-state index contributed by atoms with van der Waals surface area (Å²) in [5.74, 6) is 0. The summed E-state index contributed by atoms with van der Waals surface area (Å²) in [6.45, 7) is 2.06. The minimum Gasteiger partial charge on any atom is -0.326 e. The van der Waals surface area contributed by atoms with Crippen molar-refractivity contribution in [2.75, 3.05) is 4.72 Å². The van der Waals surface area contributed by atoms with Crippen LogP contribution < -0.4 is 10.5 Å². The van der Waals surface area contributed by atoms with Gasteiger partial charge in [0.15, 0.2) is 0 Å². The van der Waals surface area contributed by atoms with Crippen LogP contribution in [-0.2, 0) is 16.6 Å². The van der Waals surface area contributed by atoms with Crippen molar-refractivity contribution in [3.63, 3.8) is 0 Å². The molecule has 3 N–H and O–H groups in total. The summed E-state index contributed by atoms with van der Waals surface area (Å²) in [4.78, 5) is 0.126. The second-order valence-electron chi connectivity index (χ2n) is 4.55. The maximum Gasteiger partial charge on any atom is 0.261 e. The molecule has 0 heterocycles. The van der Waals surface area contributed by atoms with Crippen LogP contribution >= 0.6 is 27.5 Å². The number of hydrogen-bond donors (Lipinski definition) is 2. The molecule has 0 bridgehead atoms. The standard InChI is InChI=1S/C14H14BrClN2O2S/c1-9-2-4-12(15)14(6-9)18-21(19,20)11-3-5-13(16)10(7-11)8-17/h2-7,18H,8,17H2,1H3. The number of halogens is 2. The molecule has 2 aromatic rings. The molecule has 21 heavy (non-hydrogen) atoms. The van der Waals surface area contributed by atoms with Gasteiger partial charge >= 0.3 is 0 Å². The monoisotopic (exact) mass is 388 g/mol. The van der Waals surface area contributed by atoms with E-state index >= 15 is 0 Å². The SMILES string of the molecule is Cc1ccc(Br)c(NS(=O)(=O)c2ccc(Cl)c(CN)c2)c1. The first-order chi connectivity index (χ1) is 9.83. The summed E-state index contributed by atoms with van der Waals surface area (Å²) in [6.07, 6.45) is 0. The first kappa shape index (κ1) is 16.3. The number of anilines is 1. The smallest absolute Gasteiger partial charge is 0.261 e. The van der Waals surface area contributed by atoms with Crippen molar-refractivity contribution >= 4 is 43.2 Å². The van der Waals surface area contributed by atoms with Gasteiger partial charge in [-0.05, 0) is 64.3 Å². The van der Waals surface area contributed by atoms with E-state index in [1.165, 1.54) is 18.2 Å². The maximum absolute atomic E-state index is 12.4. The number of benzene rings is 2. The van der Waals surface area contributed by atoms with E-state index in [1.807, 2.05) is 13.0 Å². The maximum atomic E-state index is 12.4. The number of nitrogens with two attached hydrogens (primary N) is 1. The quantitative estimate of drug-likeness (QED) is 0.838. The fourth-order valence-corrected chi connectivity index (χ4v) is 3.59. The van der Waals surface area contributed by atoms with Gasteiger partial charge in [-0.25, -0.2) is 8.42 Å². The fourth-order valence-electron chi connectivity index (χ4n) is 1.80. The highest BCUT2D eigenvalue weighted by Crippen LogP contribution is 2.27. The van der Waals surface area contributed by atoms with E-state index in [0.717, 1.165) is 5.56 Å². The van der Waals surface area contributed by atoms with E-state index in [9.17, 15) is 8.42 Å². The van der Waals surface area contributed by atoms with Crippen molar-refractivity contribution < 1.29 is 8.42 Å². The van der Waals surface area contributed by atoms with Gasteiger partial charge < -0.3 is 5.73 Å². The first-order valence-electron chi connectivity index (χ1n) is 6.11. The number of aryl methyl sites for hydroxylation is 1. The lowest BCUT2D eigenvalue weighted by Gasteiger charge is -2.12. The largest absolute Gasteiger partial charge is 0.326 e. The molecule has 0 aliphatic carbocycles. The summed E-state index contributed by atoms with van der Waals surface area (Å²) in [6, 6.07) is 9.89. The van der Waals surface area contributed by atoms with Crippen LogP contribution in [0.4, 0.5) is 5.69 Å². The van der Waals surface area contributed by atoms with Gasteiger partial charge in [-0.15, -0.1) is 0 Å². The van der Waals surface area contributed by atoms with Crippen LogP contribution in [0.2, 0.25) is 5.02 Å². The molecule has 0 aliphatic rings. The molecule has 0 saturated heterocycles. The summed E-state index contributed by atoms with van der Waals surface area (Å²) in [5.41, 5.74) is 7.58. The third-order valence-corrected chi connectivity index (χ3v) is 5.34. The molecule has 7 heteroatoms. The van der Waals surface area contributed by atoms with Gasteiger partial charge in [0.05, 0.1) is 10.6 Å². The molecule has 4 nitrogen and oxygen atoms in total. The molecule has 0 amide bonds. The van der Waals surface area contributed by atoms with Crippen LogP contribution in [0.15, 0.2) is 45.8 Å². The number of rotatable bonds is 4. The highest BCUT2D eigenvalue weighted by atomic mass is 79.9. The molecule has 0 fully saturated rings. The Balaban J connectivity index is 2.41. The Morgan fingerprint density at radius 3 is 2.62 bits per heavy atom. The molecule has 112 valence electrons. The van der Waals surface area contributed by atoms with Gasteiger partial charge in [-0.1, -0.05) is 17.7 Å². The van der Waals surface area contributed by atoms with Crippen LogP contribution in [0.1, 0.15) is 11.1 Å². The van der Waals surface area contributed by atoms with Crippen molar-refractivity contribution in [1.29, 1.82) is 0 Å². The van der Waals surface area contributed by atoms with Gasteiger partial charge in [-0.3, -0.25) is 4.72 Å². The summed E-state index contributed by atoms with van der Waals surface area (Å²) in [7, 11) is -3.70. The molecule has 2 rings (SSSR count). The van der Waals surface area contributed by atoms with Gasteiger partial charge in [0.25, 0.3) is 10.0 Å². The Kier molecular flexibility index (Phi) is 4.93. The zero-order valence-electron chi connectivity index (χ0n) is 11.2. The molecule has 2 aromatic carbocycles. The Labute approximate surface area is 137 Å². The van der Waals surface area contributed by atoms with E-state index in [1.54, 1.807) is 12.1 Å². The van der Waals surface area contributed by atoms with Crippen LogP contribution in [0.25, 0.3) is 0 Å². The predicted octanol–water partition coefficient (Wildman–Crippen LogP) is 3.67. The second kappa shape index (κ2) is 6.36. The molecule has 0 unspecified atom stereocenters. The summed E-state index contributed by atoms with van der Waals surface area (Å²) >= 11 is 9.28. The molecule has 0 radical (unpaired) electrons. The Morgan fingerprint density at radius 2 is 1.95 bits per heavy atom. The Hall–Kier alpha value is -1.08. The average molecular weight is 390 g/mol. The van der Waals surface area contributed by atoms with Crippen LogP contribution in [-0.4, -0.2) is 8.42 Å². The molecule has 0 atom stereocenters. The van der Waals surface area contributed by atoms with Gasteiger partial charge in [0.2, 0.25) is 0 Å². The molecule has 0 spiro atoms. The number of hydrogen-bond acceptors (Lipinski definition) is 3. The highest BCUT2D eigenvalue weighted by Gasteiger charge is 2.17. The van der Waals surface area contributed by atoms with Crippen molar-refractivity contribution in [3.8, 4) is 0 Å². The zero-order valence-corrected chi connectivity index (χ0v) is 14.4. The Bertz CT molecular complexity index is 779. The van der Waals surface area contributed by atoms with Crippen molar-refractivity contribution in [2.24, 2.45) is 5.73 Å². The zero-order chi connectivity index (χ0) is 15.6. The van der Waals surface area contributed by atoms with E-state index < -0.39 is 10.0 Å². The average Bonchev–Trinajstić information content (AvgIpc) is 2.43. The minimum absolute atomic E-state index is 0.126. The number of nitrogens with one attached hydrogen (secondary N) is 1. The third kappa shape index (κ3) is 3.77.